The van der Waals surface area contributed by atoms with Gasteiger partial charge in [0.2, 0.25) is 0 Å². The van der Waals surface area contributed by atoms with Gasteiger partial charge in [0.05, 0.1) is 0 Å². The fourth-order valence-electron chi connectivity index (χ4n) is 1.25. The molecule has 0 spiro atoms. The van der Waals surface area contributed by atoms with E-state index in [2.05, 4.69) is 20.8 Å². The molecule has 0 aliphatic rings. The van der Waals surface area contributed by atoms with Crippen LogP contribution in [-0.4, -0.2) is 6.29 Å². The first-order chi connectivity index (χ1) is 5.57. The molecule has 0 saturated carbocycles. The zero-order chi connectivity index (χ0) is 9.56. The van der Waals surface area contributed by atoms with E-state index in [-0.39, 0.29) is 5.92 Å². The molecule has 0 aromatic heterocycles. The number of hydrogen-bond acceptors (Lipinski definition) is 1. The highest BCUT2D eigenvalue weighted by Crippen LogP contribution is 2.17. The third-order valence-electron chi connectivity index (χ3n) is 2.55. The summed E-state index contributed by atoms with van der Waals surface area (Å²) in [5.74, 6) is 1.59. The highest BCUT2D eigenvalue weighted by atomic mass is 16.1. The first-order valence-corrected chi connectivity index (χ1v) is 5.03. The Hall–Kier alpha value is -0.330. The van der Waals surface area contributed by atoms with E-state index in [1.54, 1.807) is 0 Å². The molecule has 1 nitrogen and oxygen atoms in total. The van der Waals surface area contributed by atoms with E-state index in [0.29, 0.717) is 5.92 Å². The molecule has 0 aromatic carbocycles. The van der Waals surface area contributed by atoms with E-state index in [1.165, 1.54) is 19.3 Å². The summed E-state index contributed by atoms with van der Waals surface area (Å²) in [7, 11) is 0. The Morgan fingerprint density at radius 1 is 1.08 bits per heavy atom. The smallest absolute Gasteiger partial charge is 0.123 e. The van der Waals surface area contributed by atoms with Crippen LogP contribution in [-0.2, 0) is 4.79 Å². The monoisotopic (exact) mass is 170 g/mol. The van der Waals surface area contributed by atoms with E-state index >= 15 is 0 Å². The van der Waals surface area contributed by atoms with Gasteiger partial charge in [-0.15, -0.1) is 0 Å². The van der Waals surface area contributed by atoms with Gasteiger partial charge in [0.1, 0.15) is 6.29 Å². The molecule has 0 amide bonds. The molecule has 0 saturated heterocycles. The summed E-state index contributed by atoms with van der Waals surface area (Å²) in [4.78, 5) is 10.4. The van der Waals surface area contributed by atoms with Crippen molar-refractivity contribution in [2.45, 2.75) is 47.0 Å². The fraction of sp³-hybridized carbons (Fsp3) is 0.909. The average molecular weight is 170 g/mol. The Labute approximate surface area is 76.6 Å². The lowest BCUT2D eigenvalue weighted by Crippen LogP contribution is -2.09. The van der Waals surface area contributed by atoms with Gasteiger partial charge in [-0.1, -0.05) is 47.0 Å². The lowest BCUT2D eigenvalue weighted by molar-refractivity contribution is -0.111. The Morgan fingerprint density at radius 3 is 2.08 bits per heavy atom. The second kappa shape index (κ2) is 6.22. The standard InChI is InChI=1S/C11H22O/c1-9(2)6-5-7-10(3)11(4)8-12/h8-11H,5-7H2,1-4H3. The molecule has 72 valence electrons. The van der Waals surface area contributed by atoms with Crippen molar-refractivity contribution in [3.8, 4) is 0 Å². The summed E-state index contributed by atoms with van der Waals surface area (Å²) in [6.07, 6.45) is 4.81. The number of aldehydes is 1. The van der Waals surface area contributed by atoms with Gasteiger partial charge in [-0.3, -0.25) is 0 Å². The molecular formula is C11H22O. The average Bonchev–Trinajstić information content (AvgIpc) is 2.02. The minimum Gasteiger partial charge on any atom is -0.303 e. The van der Waals surface area contributed by atoms with Crippen molar-refractivity contribution in [1.29, 1.82) is 0 Å². The van der Waals surface area contributed by atoms with Crippen LogP contribution in [0.25, 0.3) is 0 Å². The third-order valence-corrected chi connectivity index (χ3v) is 2.55. The van der Waals surface area contributed by atoms with Crippen LogP contribution < -0.4 is 0 Å². The van der Waals surface area contributed by atoms with Gasteiger partial charge in [0.25, 0.3) is 0 Å². The first kappa shape index (κ1) is 11.7. The van der Waals surface area contributed by atoms with Crippen LogP contribution >= 0.6 is 0 Å². The van der Waals surface area contributed by atoms with Crippen molar-refractivity contribution >= 4 is 6.29 Å². The van der Waals surface area contributed by atoms with E-state index in [4.69, 9.17) is 0 Å². The lowest BCUT2D eigenvalue weighted by atomic mass is 9.91. The van der Waals surface area contributed by atoms with Crippen molar-refractivity contribution in [2.24, 2.45) is 17.8 Å². The zero-order valence-electron chi connectivity index (χ0n) is 8.84. The molecule has 0 heterocycles. The van der Waals surface area contributed by atoms with Crippen molar-refractivity contribution in [3.63, 3.8) is 0 Å². The SMILES string of the molecule is CC(C)CCCC(C)C(C)C=O. The van der Waals surface area contributed by atoms with Crippen molar-refractivity contribution in [2.75, 3.05) is 0 Å². The summed E-state index contributed by atoms with van der Waals surface area (Å²) < 4.78 is 0. The Morgan fingerprint density at radius 2 is 1.67 bits per heavy atom. The molecule has 0 fully saturated rings. The normalized spacial score (nSPS) is 16.1. The molecule has 12 heavy (non-hydrogen) atoms. The van der Waals surface area contributed by atoms with Crippen LogP contribution in [0.5, 0.6) is 0 Å². The van der Waals surface area contributed by atoms with E-state index < -0.39 is 0 Å². The summed E-state index contributed by atoms with van der Waals surface area (Å²) in [6, 6.07) is 0. The maximum atomic E-state index is 10.4. The van der Waals surface area contributed by atoms with Gasteiger partial charge in [-0.05, 0) is 11.8 Å². The third kappa shape index (κ3) is 5.34. The molecule has 0 aliphatic carbocycles. The highest BCUT2D eigenvalue weighted by Gasteiger charge is 2.10. The fourth-order valence-corrected chi connectivity index (χ4v) is 1.25. The Bertz CT molecular complexity index is 118. The maximum absolute atomic E-state index is 10.4. The quantitative estimate of drug-likeness (QED) is 0.559. The van der Waals surface area contributed by atoms with Crippen molar-refractivity contribution in [3.05, 3.63) is 0 Å². The predicted molar refractivity (Wildman–Crippen MR) is 53.1 cm³/mol. The molecule has 2 atom stereocenters. The number of hydrogen-bond donors (Lipinski definition) is 0. The van der Waals surface area contributed by atoms with Crippen LogP contribution in [0.1, 0.15) is 47.0 Å². The molecule has 0 aliphatic heterocycles. The summed E-state index contributed by atoms with van der Waals surface area (Å²) in [6.45, 7) is 8.66. The summed E-state index contributed by atoms with van der Waals surface area (Å²) in [5.41, 5.74) is 0. The number of carbonyl (C=O) groups excluding carboxylic acids is 1. The van der Waals surface area contributed by atoms with E-state index in [0.717, 1.165) is 12.2 Å². The lowest BCUT2D eigenvalue weighted by Gasteiger charge is -2.14. The summed E-state index contributed by atoms with van der Waals surface area (Å²) >= 11 is 0. The molecule has 1 heteroatoms. The van der Waals surface area contributed by atoms with Crippen LogP contribution in [0.15, 0.2) is 0 Å². The van der Waals surface area contributed by atoms with Crippen molar-refractivity contribution < 1.29 is 4.79 Å². The molecule has 0 radical (unpaired) electrons. The van der Waals surface area contributed by atoms with Gasteiger partial charge in [0, 0.05) is 5.92 Å². The van der Waals surface area contributed by atoms with Crippen LogP contribution in [0.4, 0.5) is 0 Å². The Kier molecular flexibility index (Phi) is 6.04. The second-order valence-electron chi connectivity index (χ2n) is 4.30. The Balaban J connectivity index is 3.43. The number of rotatable bonds is 6. The van der Waals surface area contributed by atoms with E-state index in [1.807, 2.05) is 6.92 Å². The first-order valence-electron chi connectivity index (χ1n) is 5.03. The summed E-state index contributed by atoms with van der Waals surface area (Å²) in [5, 5.41) is 0. The molecule has 0 N–H and O–H groups in total. The highest BCUT2D eigenvalue weighted by molar-refractivity contribution is 5.53. The van der Waals surface area contributed by atoms with Gasteiger partial charge < -0.3 is 4.79 Å². The van der Waals surface area contributed by atoms with Gasteiger partial charge in [0.15, 0.2) is 0 Å². The minimum absolute atomic E-state index is 0.233. The van der Waals surface area contributed by atoms with Crippen LogP contribution in [0, 0.1) is 17.8 Å². The van der Waals surface area contributed by atoms with Gasteiger partial charge in [-0.25, -0.2) is 0 Å². The molecule has 0 rings (SSSR count). The molecular weight excluding hydrogens is 148 g/mol. The van der Waals surface area contributed by atoms with Gasteiger partial charge in [-0.2, -0.15) is 0 Å². The van der Waals surface area contributed by atoms with Crippen molar-refractivity contribution in [1.82, 2.24) is 0 Å². The topological polar surface area (TPSA) is 17.1 Å². The molecule has 2 unspecified atom stereocenters. The van der Waals surface area contributed by atoms with E-state index in [9.17, 15) is 4.79 Å². The molecule has 0 aromatic rings. The predicted octanol–water partition coefficient (Wildman–Crippen LogP) is 3.28. The number of carbonyl (C=O) groups is 1. The van der Waals surface area contributed by atoms with Crippen LogP contribution in [0.2, 0.25) is 0 Å². The van der Waals surface area contributed by atoms with Crippen LogP contribution in [0.3, 0.4) is 0 Å². The largest absolute Gasteiger partial charge is 0.303 e. The second-order valence-corrected chi connectivity index (χ2v) is 4.30. The zero-order valence-corrected chi connectivity index (χ0v) is 8.84. The van der Waals surface area contributed by atoms with Gasteiger partial charge >= 0.3 is 0 Å². The molecule has 0 bridgehead atoms. The maximum Gasteiger partial charge on any atom is 0.123 e. The minimum atomic E-state index is 0.233.